The van der Waals surface area contributed by atoms with Gasteiger partial charge in [-0.25, -0.2) is 18.7 Å². The summed E-state index contributed by atoms with van der Waals surface area (Å²) >= 11 is 0. The number of nitrogens with one attached hydrogen (secondary N) is 1. The van der Waals surface area contributed by atoms with Gasteiger partial charge in [-0.1, -0.05) is 6.92 Å². The molecule has 2 aromatic carbocycles. The van der Waals surface area contributed by atoms with Crippen molar-refractivity contribution in [2.24, 2.45) is 0 Å². The molecule has 0 fully saturated rings. The number of fused-ring (bicyclic) bond motifs is 2. The summed E-state index contributed by atoms with van der Waals surface area (Å²) in [7, 11) is 0. The van der Waals surface area contributed by atoms with Gasteiger partial charge in [0.05, 0.1) is 6.04 Å². The Balaban J connectivity index is 1.97. The van der Waals surface area contributed by atoms with E-state index >= 15 is 0 Å². The number of alkyl halides is 3. The van der Waals surface area contributed by atoms with Gasteiger partial charge in [-0.2, -0.15) is 17.6 Å². The molecular weight excluding hydrogens is 452 g/mol. The Labute approximate surface area is 184 Å². The van der Waals surface area contributed by atoms with Crippen LogP contribution >= 0.6 is 0 Å². The second-order valence-corrected chi connectivity index (χ2v) is 8.11. The van der Waals surface area contributed by atoms with Crippen LogP contribution in [0.25, 0.3) is 10.9 Å². The summed E-state index contributed by atoms with van der Waals surface area (Å²) in [4.78, 5) is 7.91. The Kier molecular flexibility index (Phi) is 5.43. The molecule has 1 unspecified atom stereocenters. The van der Waals surface area contributed by atoms with E-state index in [1.165, 1.54) is 20.0 Å². The number of hydrogen-bond acceptors (Lipinski definition) is 5. The van der Waals surface area contributed by atoms with Crippen LogP contribution in [0.3, 0.4) is 0 Å². The minimum absolute atomic E-state index is 0.0172. The molecule has 0 radical (unpaired) electrons. The molecule has 3 atom stereocenters. The predicted molar refractivity (Wildman–Crippen MR) is 107 cm³/mol. The van der Waals surface area contributed by atoms with Crippen molar-refractivity contribution < 1.29 is 36.6 Å². The maximum atomic E-state index is 14.3. The Morgan fingerprint density at radius 2 is 1.88 bits per heavy atom. The van der Waals surface area contributed by atoms with Crippen LogP contribution in [0.5, 0.6) is 5.75 Å². The monoisotopic (exact) mass is 471 g/mol. The van der Waals surface area contributed by atoms with Crippen LogP contribution in [0.15, 0.2) is 24.4 Å². The van der Waals surface area contributed by atoms with E-state index in [1.54, 1.807) is 0 Å². The van der Waals surface area contributed by atoms with Crippen LogP contribution in [0.4, 0.5) is 32.0 Å². The van der Waals surface area contributed by atoms with E-state index in [1.807, 2.05) is 0 Å². The molecule has 11 heteroatoms. The van der Waals surface area contributed by atoms with E-state index in [-0.39, 0.29) is 34.4 Å². The molecule has 33 heavy (non-hydrogen) atoms. The zero-order chi connectivity index (χ0) is 24.3. The van der Waals surface area contributed by atoms with Crippen molar-refractivity contribution >= 4 is 16.6 Å². The molecule has 0 spiro atoms. The van der Waals surface area contributed by atoms with Gasteiger partial charge in [0.15, 0.2) is 17.2 Å². The average molecular weight is 471 g/mol. The highest BCUT2D eigenvalue weighted by atomic mass is 19.4. The highest BCUT2D eigenvalue weighted by Gasteiger charge is 2.62. The molecule has 5 nitrogen and oxygen atoms in total. The molecule has 4 rings (SSSR count). The largest absolute Gasteiger partial charge is 0.505 e. The molecule has 1 aromatic heterocycles. The van der Waals surface area contributed by atoms with Gasteiger partial charge in [0, 0.05) is 22.8 Å². The Morgan fingerprint density at radius 1 is 1.18 bits per heavy atom. The SMILES string of the molecule is CC[C@@H]1C[C@](O)(C(F)(F)F)C(Nc2ccc(F)c3nc(C)ncc23)c2cc(F)c(F)c(O)c21. The van der Waals surface area contributed by atoms with Gasteiger partial charge in [-0.05, 0) is 49.4 Å². The number of halogens is 6. The van der Waals surface area contributed by atoms with E-state index in [2.05, 4.69) is 15.3 Å². The average Bonchev–Trinajstić information content (AvgIpc) is 2.74. The number of aromatic hydroxyl groups is 1. The highest BCUT2D eigenvalue weighted by molar-refractivity contribution is 5.91. The van der Waals surface area contributed by atoms with E-state index in [0.29, 0.717) is 6.07 Å². The zero-order valence-corrected chi connectivity index (χ0v) is 17.4. The van der Waals surface area contributed by atoms with Crippen LogP contribution in [-0.4, -0.2) is 32.0 Å². The number of anilines is 1. The molecule has 0 saturated heterocycles. The lowest BCUT2D eigenvalue weighted by Gasteiger charge is -2.45. The highest BCUT2D eigenvalue weighted by Crippen LogP contribution is 2.55. The summed E-state index contributed by atoms with van der Waals surface area (Å²) in [5, 5.41) is 23.7. The molecule has 176 valence electrons. The minimum atomic E-state index is -5.18. The number of rotatable bonds is 3. The van der Waals surface area contributed by atoms with Crippen molar-refractivity contribution in [1.82, 2.24) is 9.97 Å². The van der Waals surface area contributed by atoms with Gasteiger partial charge in [0.2, 0.25) is 5.82 Å². The maximum Gasteiger partial charge on any atom is 0.419 e. The van der Waals surface area contributed by atoms with E-state index < -0.39 is 58.9 Å². The number of phenolic OH excluding ortho intramolecular Hbond substituents is 1. The van der Waals surface area contributed by atoms with Crippen LogP contribution in [0.1, 0.15) is 48.7 Å². The van der Waals surface area contributed by atoms with E-state index in [4.69, 9.17) is 0 Å². The summed E-state index contributed by atoms with van der Waals surface area (Å²) in [6.07, 6.45) is -4.87. The van der Waals surface area contributed by atoms with Gasteiger partial charge in [-0.15, -0.1) is 0 Å². The van der Waals surface area contributed by atoms with Crippen molar-refractivity contribution in [3.63, 3.8) is 0 Å². The number of aryl methyl sites for hydroxylation is 1. The lowest BCUT2D eigenvalue weighted by molar-refractivity contribution is -0.272. The van der Waals surface area contributed by atoms with Crippen LogP contribution < -0.4 is 5.32 Å². The second-order valence-electron chi connectivity index (χ2n) is 8.11. The number of hydrogen-bond donors (Lipinski definition) is 3. The van der Waals surface area contributed by atoms with Gasteiger partial charge in [0.25, 0.3) is 0 Å². The number of nitrogens with zero attached hydrogens (tertiary/aromatic N) is 2. The minimum Gasteiger partial charge on any atom is -0.505 e. The normalized spacial score (nSPS) is 22.9. The Hall–Kier alpha value is -3.08. The molecular formula is C22H19F6N3O2. The van der Waals surface area contributed by atoms with Gasteiger partial charge >= 0.3 is 6.18 Å². The molecule has 3 aromatic rings. The summed E-state index contributed by atoms with van der Waals surface area (Å²) in [6.45, 7) is 3.01. The number of aliphatic hydroxyl groups is 1. The molecule has 0 aliphatic heterocycles. The van der Waals surface area contributed by atoms with Gasteiger partial charge in [0.1, 0.15) is 17.2 Å². The fourth-order valence-electron chi connectivity index (χ4n) is 4.45. The number of benzene rings is 2. The van der Waals surface area contributed by atoms with Crippen LogP contribution in [0.2, 0.25) is 0 Å². The van der Waals surface area contributed by atoms with Gasteiger partial charge < -0.3 is 15.5 Å². The van der Waals surface area contributed by atoms with Crippen molar-refractivity contribution in [3.05, 3.63) is 58.8 Å². The molecule has 0 bridgehead atoms. The molecule has 0 saturated carbocycles. The standard InChI is InChI=1S/C22H19F6N3O2/c1-3-10-7-21(33,22(26,27)28)20(11-6-14(24)17(25)19(32)16(10)11)31-15-5-4-13(23)18-12(15)8-29-9(2)30-18/h4-6,8,10,20,31-33H,3,7H2,1-2H3/t10-,20?,21-/m1/s1. The van der Waals surface area contributed by atoms with Crippen LogP contribution in [-0.2, 0) is 0 Å². The summed E-state index contributed by atoms with van der Waals surface area (Å²) in [5.41, 5.74) is -4.32. The third-order valence-corrected chi connectivity index (χ3v) is 6.13. The summed E-state index contributed by atoms with van der Waals surface area (Å²) in [6, 6.07) is 0.600. The lowest BCUT2D eigenvalue weighted by atomic mass is 9.69. The third-order valence-electron chi connectivity index (χ3n) is 6.13. The first-order valence-corrected chi connectivity index (χ1v) is 10.1. The first-order valence-electron chi connectivity index (χ1n) is 10.1. The molecule has 1 heterocycles. The number of aromatic nitrogens is 2. The number of phenols is 1. The van der Waals surface area contributed by atoms with Crippen molar-refractivity contribution in [2.75, 3.05) is 5.32 Å². The van der Waals surface area contributed by atoms with Gasteiger partial charge in [-0.3, -0.25) is 0 Å². The first-order chi connectivity index (χ1) is 15.4. The van der Waals surface area contributed by atoms with Crippen molar-refractivity contribution in [3.8, 4) is 5.75 Å². The summed E-state index contributed by atoms with van der Waals surface area (Å²) in [5.74, 6) is -5.87. The second kappa shape index (κ2) is 7.75. The molecule has 1 aliphatic carbocycles. The maximum absolute atomic E-state index is 14.3. The molecule has 1 aliphatic rings. The Morgan fingerprint density at radius 3 is 2.52 bits per heavy atom. The van der Waals surface area contributed by atoms with E-state index in [9.17, 15) is 36.6 Å². The lowest BCUT2D eigenvalue weighted by Crippen LogP contribution is -2.55. The topological polar surface area (TPSA) is 78.3 Å². The predicted octanol–water partition coefficient (Wildman–Crippen LogP) is 5.41. The Bertz CT molecular complexity index is 1250. The van der Waals surface area contributed by atoms with Crippen molar-refractivity contribution in [1.29, 1.82) is 0 Å². The first kappa shape index (κ1) is 23.1. The fourth-order valence-corrected chi connectivity index (χ4v) is 4.45. The fraction of sp³-hybridized carbons (Fsp3) is 0.364. The van der Waals surface area contributed by atoms with Crippen LogP contribution in [0, 0.1) is 24.4 Å². The summed E-state index contributed by atoms with van der Waals surface area (Å²) < 4.78 is 85.2. The molecule has 0 amide bonds. The third kappa shape index (κ3) is 3.54. The smallest absolute Gasteiger partial charge is 0.419 e. The molecule has 3 N–H and O–H groups in total. The van der Waals surface area contributed by atoms with E-state index in [0.717, 1.165) is 12.1 Å². The van der Waals surface area contributed by atoms with Crippen molar-refractivity contribution in [2.45, 2.75) is 50.4 Å². The quantitative estimate of drug-likeness (QED) is 0.446. The zero-order valence-electron chi connectivity index (χ0n) is 17.4.